The summed E-state index contributed by atoms with van der Waals surface area (Å²) in [6.07, 6.45) is -0.213. The standard InChI is InChI=1S/C17H26N2O4/c1-17(2,3)23-16(21)19-14(15(20)22-4)10-11-18-12-13-8-6-5-7-9-13/h5-9,14,18H,10-12H2,1-4H3,(H,19,21)/t14-/m0/s1. The number of benzene rings is 1. The van der Waals surface area contributed by atoms with Crippen LogP contribution in [-0.4, -0.2) is 37.4 Å². The molecule has 23 heavy (non-hydrogen) atoms. The van der Waals surface area contributed by atoms with E-state index in [1.54, 1.807) is 20.8 Å². The zero-order chi connectivity index (χ0) is 17.3. The smallest absolute Gasteiger partial charge is 0.408 e. The molecule has 0 aromatic heterocycles. The molecule has 0 radical (unpaired) electrons. The Morgan fingerprint density at radius 2 is 1.83 bits per heavy atom. The topological polar surface area (TPSA) is 76.7 Å². The van der Waals surface area contributed by atoms with Crippen LogP contribution in [0.5, 0.6) is 0 Å². The van der Waals surface area contributed by atoms with E-state index in [1.165, 1.54) is 7.11 Å². The predicted molar refractivity (Wildman–Crippen MR) is 87.9 cm³/mol. The number of esters is 1. The summed E-state index contributed by atoms with van der Waals surface area (Å²) in [5, 5.41) is 5.78. The molecule has 0 spiro atoms. The van der Waals surface area contributed by atoms with Crippen LogP contribution in [0.2, 0.25) is 0 Å². The second kappa shape index (κ2) is 9.15. The van der Waals surface area contributed by atoms with Gasteiger partial charge in [0.25, 0.3) is 0 Å². The fourth-order valence-electron chi connectivity index (χ4n) is 1.92. The van der Waals surface area contributed by atoms with Crippen LogP contribution >= 0.6 is 0 Å². The summed E-state index contributed by atoms with van der Waals surface area (Å²) in [7, 11) is 1.30. The molecule has 0 aliphatic heterocycles. The summed E-state index contributed by atoms with van der Waals surface area (Å²) in [5.41, 5.74) is 0.540. The lowest BCUT2D eigenvalue weighted by Crippen LogP contribution is -2.45. The minimum atomic E-state index is -0.738. The van der Waals surface area contributed by atoms with Gasteiger partial charge in [-0.1, -0.05) is 30.3 Å². The van der Waals surface area contributed by atoms with Crippen LogP contribution in [-0.2, 0) is 20.8 Å². The molecular weight excluding hydrogens is 296 g/mol. The summed E-state index contributed by atoms with van der Waals surface area (Å²) >= 11 is 0. The highest BCUT2D eigenvalue weighted by molar-refractivity contribution is 5.81. The van der Waals surface area contributed by atoms with Crippen LogP contribution in [0.25, 0.3) is 0 Å². The van der Waals surface area contributed by atoms with Crippen molar-refractivity contribution in [1.29, 1.82) is 0 Å². The zero-order valence-electron chi connectivity index (χ0n) is 14.2. The predicted octanol–water partition coefficient (Wildman–Crippen LogP) is 2.23. The number of carbonyl (C=O) groups is 2. The van der Waals surface area contributed by atoms with E-state index in [2.05, 4.69) is 10.6 Å². The van der Waals surface area contributed by atoms with E-state index in [-0.39, 0.29) is 0 Å². The first kappa shape index (κ1) is 19.0. The van der Waals surface area contributed by atoms with Crippen molar-refractivity contribution in [2.75, 3.05) is 13.7 Å². The number of hydrogen-bond donors (Lipinski definition) is 2. The van der Waals surface area contributed by atoms with Crippen molar-refractivity contribution in [2.45, 2.75) is 45.4 Å². The Bertz CT molecular complexity index is 497. The van der Waals surface area contributed by atoms with Gasteiger partial charge < -0.3 is 20.1 Å². The quantitative estimate of drug-likeness (QED) is 0.595. The summed E-state index contributed by atoms with van der Waals surface area (Å²) in [4.78, 5) is 23.5. The molecule has 0 aliphatic rings. The summed E-state index contributed by atoms with van der Waals surface area (Å²) in [6.45, 7) is 6.55. The van der Waals surface area contributed by atoms with Gasteiger partial charge in [0.1, 0.15) is 11.6 Å². The Balaban J connectivity index is 2.42. The highest BCUT2D eigenvalue weighted by atomic mass is 16.6. The Kier molecular flexibility index (Phi) is 7.54. The first-order valence-corrected chi connectivity index (χ1v) is 7.64. The van der Waals surface area contributed by atoms with Crippen molar-refractivity contribution in [1.82, 2.24) is 10.6 Å². The third-order valence-corrected chi connectivity index (χ3v) is 2.96. The van der Waals surface area contributed by atoms with Crippen molar-refractivity contribution < 1.29 is 19.1 Å². The molecule has 128 valence electrons. The average Bonchev–Trinajstić information content (AvgIpc) is 2.48. The summed E-state index contributed by atoms with van der Waals surface area (Å²) in [5.74, 6) is -0.489. The van der Waals surface area contributed by atoms with Crippen LogP contribution < -0.4 is 10.6 Å². The molecule has 0 fully saturated rings. The number of alkyl carbamates (subject to hydrolysis) is 1. The highest BCUT2D eigenvalue weighted by Crippen LogP contribution is 2.07. The molecule has 1 atom stereocenters. The van der Waals surface area contributed by atoms with Crippen LogP contribution in [0, 0.1) is 0 Å². The lowest BCUT2D eigenvalue weighted by molar-refractivity contribution is -0.143. The molecule has 0 aliphatic carbocycles. The van der Waals surface area contributed by atoms with Gasteiger partial charge in [-0.15, -0.1) is 0 Å². The van der Waals surface area contributed by atoms with E-state index in [0.29, 0.717) is 19.5 Å². The maximum absolute atomic E-state index is 11.8. The summed E-state index contributed by atoms with van der Waals surface area (Å²) in [6, 6.07) is 9.20. The first-order valence-electron chi connectivity index (χ1n) is 7.64. The number of amides is 1. The second-order valence-corrected chi connectivity index (χ2v) is 6.17. The van der Waals surface area contributed by atoms with Gasteiger partial charge in [0.05, 0.1) is 7.11 Å². The van der Waals surface area contributed by atoms with Crippen LogP contribution in [0.3, 0.4) is 0 Å². The molecule has 0 saturated heterocycles. The molecule has 1 amide bonds. The van der Waals surface area contributed by atoms with E-state index < -0.39 is 23.7 Å². The molecule has 1 aromatic carbocycles. The second-order valence-electron chi connectivity index (χ2n) is 6.17. The molecule has 2 N–H and O–H groups in total. The molecular formula is C17H26N2O4. The Morgan fingerprint density at radius 3 is 2.39 bits per heavy atom. The Labute approximate surface area is 137 Å². The highest BCUT2D eigenvalue weighted by Gasteiger charge is 2.24. The van der Waals surface area contributed by atoms with Gasteiger partial charge in [-0.25, -0.2) is 9.59 Å². The van der Waals surface area contributed by atoms with E-state index in [1.807, 2.05) is 30.3 Å². The largest absolute Gasteiger partial charge is 0.467 e. The van der Waals surface area contributed by atoms with Crippen LogP contribution in [0.15, 0.2) is 30.3 Å². The minimum absolute atomic E-state index is 0.415. The number of carbonyl (C=O) groups excluding carboxylic acids is 2. The lowest BCUT2D eigenvalue weighted by Gasteiger charge is -2.22. The molecule has 0 bridgehead atoms. The fraction of sp³-hybridized carbons (Fsp3) is 0.529. The van der Waals surface area contributed by atoms with Gasteiger partial charge in [-0.2, -0.15) is 0 Å². The van der Waals surface area contributed by atoms with E-state index >= 15 is 0 Å². The number of nitrogens with one attached hydrogen (secondary N) is 2. The molecule has 0 saturated carbocycles. The van der Waals surface area contributed by atoms with Gasteiger partial charge in [0.2, 0.25) is 0 Å². The first-order chi connectivity index (χ1) is 10.8. The van der Waals surface area contributed by atoms with E-state index in [0.717, 1.165) is 5.56 Å². The minimum Gasteiger partial charge on any atom is -0.467 e. The van der Waals surface area contributed by atoms with Crippen molar-refractivity contribution in [3.63, 3.8) is 0 Å². The van der Waals surface area contributed by atoms with Crippen LogP contribution in [0.1, 0.15) is 32.8 Å². The Hall–Kier alpha value is -2.08. The van der Waals surface area contributed by atoms with E-state index in [4.69, 9.17) is 9.47 Å². The zero-order valence-corrected chi connectivity index (χ0v) is 14.2. The van der Waals surface area contributed by atoms with Crippen LogP contribution in [0.4, 0.5) is 4.79 Å². The SMILES string of the molecule is COC(=O)[C@H](CCNCc1ccccc1)NC(=O)OC(C)(C)C. The third kappa shape index (κ3) is 8.21. The van der Waals surface area contributed by atoms with Crippen molar-refractivity contribution in [3.05, 3.63) is 35.9 Å². The third-order valence-electron chi connectivity index (χ3n) is 2.96. The van der Waals surface area contributed by atoms with E-state index in [9.17, 15) is 9.59 Å². The number of rotatable bonds is 7. The van der Waals surface area contributed by atoms with Gasteiger partial charge in [0, 0.05) is 6.54 Å². The van der Waals surface area contributed by atoms with Gasteiger partial charge in [0.15, 0.2) is 0 Å². The molecule has 6 heteroatoms. The van der Waals surface area contributed by atoms with Crippen molar-refractivity contribution >= 4 is 12.1 Å². The average molecular weight is 322 g/mol. The van der Waals surface area contributed by atoms with Crippen molar-refractivity contribution in [3.8, 4) is 0 Å². The van der Waals surface area contributed by atoms with Gasteiger partial charge >= 0.3 is 12.1 Å². The number of hydrogen-bond acceptors (Lipinski definition) is 5. The molecule has 0 heterocycles. The molecule has 6 nitrogen and oxygen atoms in total. The summed E-state index contributed by atoms with van der Waals surface area (Å²) < 4.78 is 9.88. The number of methoxy groups -OCH3 is 1. The molecule has 0 unspecified atom stereocenters. The van der Waals surface area contributed by atoms with Gasteiger partial charge in [-0.3, -0.25) is 0 Å². The maximum Gasteiger partial charge on any atom is 0.408 e. The normalized spacial score (nSPS) is 12.3. The maximum atomic E-state index is 11.8. The monoisotopic (exact) mass is 322 g/mol. The lowest BCUT2D eigenvalue weighted by atomic mass is 10.2. The van der Waals surface area contributed by atoms with Gasteiger partial charge in [-0.05, 0) is 39.3 Å². The van der Waals surface area contributed by atoms with Crippen molar-refractivity contribution in [2.24, 2.45) is 0 Å². The Morgan fingerprint density at radius 1 is 1.17 bits per heavy atom. The molecule has 1 aromatic rings. The fourth-order valence-corrected chi connectivity index (χ4v) is 1.92. The molecule has 1 rings (SSSR count). The number of ether oxygens (including phenoxy) is 2.